The van der Waals surface area contributed by atoms with Crippen LogP contribution in [0.15, 0.2) is 48.5 Å². The van der Waals surface area contributed by atoms with Crippen LogP contribution < -0.4 is 9.47 Å². The SMILES string of the molecule is CCCCC(CC)C(=O)N1CCSC1c1ccc(OC)c(OCc2ccccc2)c1. The molecule has 5 heteroatoms. The Morgan fingerprint density at radius 2 is 1.97 bits per heavy atom. The van der Waals surface area contributed by atoms with Crippen molar-refractivity contribution in [3.05, 3.63) is 59.7 Å². The fourth-order valence-corrected chi connectivity index (χ4v) is 5.11. The van der Waals surface area contributed by atoms with Gasteiger partial charge in [0, 0.05) is 18.2 Å². The van der Waals surface area contributed by atoms with Crippen molar-refractivity contribution < 1.29 is 14.3 Å². The summed E-state index contributed by atoms with van der Waals surface area (Å²) >= 11 is 1.83. The first kappa shape index (κ1) is 22.5. The van der Waals surface area contributed by atoms with Gasteiger partial charge in [-0.3, -0.25) is 4.79 Å². The summed E-state index contributed by atoms with van der Waals surface area (Å²) in [5, 5.41) is 0.0400. The Hall–Kier alpha value is -2.14. The van der Waals surface area contributed by atoms with Crippen LogP contribution in [0.5, 0.6) is 11.5 Å². The zero-order chi connectivity index (χ0) is 21.3. The first-order valence-corrected chi connectivity index (χ1v) is 12.0. The van der Waals surface area contributed by atoms with Gasteiger partial charge in [0.2, 0.25) is 5.91 Å². The molecule has 2 aromatic carbocycles. The highest BCUT2D eigenvalue weighted by Gasteiger charge is 2.34. The van der Waals surface area contributed by atoms with Crippen LogP contribution in [-0.4, -0.2) is 30.2 Å². The highest BCUT2D eigenvalue weighted by Crippen LogP contribution is 2.42. The lowest BCUT2D eigenvalue weighted by molar-refractivity contribution is -0.136. The molecule has 1 fully saturated rings. The molecule has 0 spiro atoms. The number of benzene rings is 2. The molecule has 0 radical (unpaired) electrons. The average molecular weight is 428 g/mol. The number of carbonyl (C=O) groups is 1. The minimum atomic E-state index is 0.0400. The third-order valence-corrected chi connectivity index (χ3v) is 6.89. The van der Waals surface area contributed by atoms with E-state index in [2.05, 4.69) is 24.8 Å². The molecule has 1 saturated heterocycles. The molecular weight excluding hydrogens is 394 g/mol. The summed E-state index contributed by atoms with van der Waals surface area (Å²) in [5.74, 6) is 2.82. The Balaban J connectivity index is 1.77. The molecule has 0 saturated carbocycles. The van der Waals surface area contributed by atoms with E-state index >= 15 is 0 Å². The molecule has 1 aliphatic heterocycles. The first-order chi connectivity index (χ1) is 14.7. The monoisotopic (exact) mass is 427 g/mol. The molecule has 30 heavy (non-hydrogen) atoms. The van der Waals surface area contributed by atoms with Gasteiger partial charge in [-0.2, -0.15) is 0 Å². The van der Waals surface area contributed by atoms with Crippen molar-refractivity contribution in [2.24, 2.45) is 5.92 Å². The fourth-order valence-electron chi connectivity index (χ4n) is 3.85. The molecule has 2 unspecified atom stereocenters. The van der Waals surface area contributed by atoms with E-state index < -0.39 is 0 Å². The maximum Gasteiger partial charge on any atom is 0.226 e. The van der Waals surface area contributed by atoms with Gasteiger partial charge in [0.1, 0.15) is 12.0 Å². The molecule has 2 atom stereocenters. The van der Waals surface area contributed by atoms with Crippen molar-refractivity contribution in [1.82, 2.24) is 4.90 Å². The van der Waals surface area contributed by atoms with Gasteiger partial charge in [0.15, 0.2) is 11.5 Å². The minimum Gasteiger partial charge on any atom is -0.493 e. The van der Waals surface area contributed by atoms with Crippen LogP contribution in [0.25, 0.3) is 0 Å². The summed E-state index contributed by atoms with van der Waals surface area (Å²) in [6, 6.07) is 16.2. The van der Waals surface area contributed by atoms with Gasteiger partial charge in [0.05, 0.1) is 7.11 Å². The molecule has 0 aliphatic carbocycles. The van der Waals surface area contributed by atoms with E-state index in [-0.39, 0.29) is 11.3 Å². The second-order valence-electron chi connectivity index (χ2n) is 7.69. The number of rotatable bonds is 10. The molecule has 2 aromatic rings. The lowest BCUT2D eigenvalue weighted by atomic mass is 9.97. The third kappa shape index (κ3) is 5.51. The Kier molecular flexibility index (Phi) is 8.50. The van der Waals surface area contributed by atoms with Crippen molar-refractivity contribution >= 4 is 17.7 Å². The van der Waals surface area contributed by atoms with Gasteiger partial charge in [-0.15, -0.1) is 11.8 Å². The predicted molar refractivity (Wildman–Crippen MR) is 124 cm³/mol. The maximum absolute atomic E-state index is 13.2. The van der Waals surface area contributed by atoms with Crippen molar-refractivity contribution in [1.29, 1.82) is 0 Å². The van der Waals surface area contributed by atoms with Gasteiger partial charge in [0.25, 0.3) is 0 Å². The van der Waals surface area contributed by atoms with E-state index in [9.17, 15) is 4.79 Å². The van der Waals surface area contributed by atoms with Gasteiger partial charge in [-0.1, -0.05) is 63.1 Å². The Morgan fingerprint density at radius 1 is 1.17 bits per heavy atom. The minimum absolute atomic E-state index is 0.0400. The van der Waals surface area contributed by atoms with Gasteiger partial charge in [-0.25, -0.2) is 0 Å². The van der Waals surface area contributed by atoms with E-state index in [1.54, 1.807) is 7.11 Å². The van der Waals surface area contributed by atoms with E-state index in [0.717, 1.165) is 54.9 Å². The van der Waals surface area contributed by atoms with Crippen LogP contribution in [0.3, 0.4) is 0 Å². The molecule has 1 heterocycles. The average Bonchev–Trinajstić information content (AvgIpc) is 3.28. The zero-order valence-corrected chi connectivity index (χ0v) is 19.1. The first-order valence-electron chi connectivity index (χ1n) is 10.9. The lowest BCUT2D eigenvalue weighted by Crippen LogP contribution is -2.35. The standard InChI is InChI=1S/C25H33NO3S/c1-4-6-12-20(5-2)24(27)26-15-16-30-25(26)21-13-14-22(28-3)23(17-21)29-18-19-10-8-7-9-11-19/h7-11,13-14,17,20,25H,4-6,12,15-16,18H2,1-3H3. The smallest absolute Gasteiger partial charge is 0.226 e. The van der Waals surface area contributed by atoms with E-state index in [1.807, 2.05) is 54.2 Å². The molecule has 162 valence electrons. The van der Waals surface area contributed by atoms with Gasteiger partial charge >= 0.3 is 0 Å². The Labute approximate surface area is 184 Å². The van der Waals surface area contributed by atoms with Crippen LogP contribution in [0.4, 0.5) is 0 Å². The van der Waals surface area contributed by atoms with Crippen LogP contribution in [0.1, 0.15) is 56.0 Å². The number of methoxy groups -OCH3 is 1. The summed E-state index contributed by atoms with van der Waals surface area (Å²) < 4.78 is 11.6. The van der Waals surface area contributed by atoms with Gasteiger partial charge in [-0.05, 0) is 36.1 Å². The third-order valence-electron chi connectivity index (χ3n) is 5.63. The molecular formula is C25H33NO3S. The summed E-state index contributed by atoms with van der Waals surface area (Å²) in [4.78, 5) is 15.3. The number of hydrogen-bond acceptors (Lipinski definition) is 4. The summed E-state index contributed by atoms with van der Waals surface area (Å²) in [5.41, 5.74) is 2.21. The molecule has 1 aliphatic rings. The molecule has 1 amide bonds. The number of unbranched alkanes of at least 4 members (excludes halogenated alkanes) is 1. The topological polar surface area (TPSA) is 38.8 Å². The highest BCUT2D eigenvalue weighted by molar-refractivity contribution is 7.99. The lowest BCUT2D eigenvalue weighted by Gasteiger charge is -2.28. The number of thioether (sulfide) groups is 1. The van der Waals surface area contributed by atoms with E-state index in [4.69, 9.17) is 9.47 Å². The molecule has 4 nitrogen and oxygen atoms in total. The van der Waals surface area contributed by atoms with Crippen molar-refractivity contribution in [3.63, 3.8) is 0 Å². The number of nitrogens with zero attached hydrogens (tertiary/aromatic N) is 1. The molecule has 0 N–H and O–H groups in total. The predicted octanol–water partition coefficient (Wildman–Crippen LogP) is 6.06. The molecule has 0 aromatic heterocycles. The quantitative estimate of drug-likeness (QED) is 0.462. The van der Waals surface area contributed by atoms with Gasteiger partial charge < -0.3 is 14.4 Å². The maximum atomic E-state index is 13.2. The van der Waals surface area contributed by atoms with E-state index in [0.29, 0.717) is 18.3 Å². The van der Waals surface area contributed by atoms with Crippen LogP contribution >= 0.6 is 11.8 Å². The van der Waals surface area contributed by atoms with Crippen LogP contribution in [0, 0.1) is 5.92 Å². The zero-order valence-electron chi connectivity index (χ0n) is 18.3. The summed E-state index contributed by atoms with van der Waals surface area (Å²) in [6.45, 7) is 5.60. The fraction of sp³-hybridized carbons (Fsp3) is 0.480. The van der Waals surface area contributed by atoms with Crippen LogP contribution in [-0.2, 0) is 11.4 Å². The summed E-state index contributed by atoms with van der Waals surface area (Å²) in [6.07, 6.45) is 4.12. The second-order valence-corrected chi connectivity index (χ2v) is 8.87. The van der Waals surface area contributed by atoms with Crippen molar-refractivity contribution in [2.45, 2.75) is 51.5 Å². The highest BCUT2D eigenvalue weighted by atomic mass is 32.2. The normalized spacial score (nSPS) is 17.0. The number of ether oxygens (including phenoxy) is 2. The largest absolute Gasteiger partial charge is 0.493 e. The summed E-state index contributed by atoms with van der Waals surface area (Å²) in [7, 11) is 1.66. The number of carbonyl (C=O) groups excluding carboxylic acids is 1. The Bertz CT molecular complexity index is 811. The number of hydrogen-bond donors (Lipinski definition) is 0. The molecule has 3 rings (SSSR count). The Morgan fingerprint density at radius 3 is 2.67 bits per heavy atom. The van der Waals surface area contributed by atoms with Crippen molar-refractivity contribution in [2.75, 3.05) is 19.4 Å². The van der Waals surface area contributed by atoms with Crippen molar-refractivity contribution in [3.8, 4) is 11.5 Å². The van der Waals surface area contributed by atoms with E-state index in [1.165, 1.54) is 0 Å². The molecule has 0 bridgehead atoms. The number of amides is 1. The van der Waals surface area contributed by atoms with Crippen LogP contribution in [0.2, 0.25) is 0 Å². The second kappa shape index (κ2) is 11.3.